The highest BCUT2D eigenvalue weighted by Crippen LogP contribution is 2.23. The first-order chi connectivity index (χ1) is 9.10. The summed E-state index contributed by atoms with van der Waals surface area (Å²) in [6, 6.07) is 7.86. The summed E-state index contributed by atoms with van der Waals surface area (Å²) in [5, 5.41) is 13.0. The number of hydrogen-bond donors (Lipinski definition) is 1. The standard InChI is InChI=1S/C15H16N2O2/c1-3-11(8-15(18)19)12-4-6-13(7-5-12)14-9-16-17(2)10-14/h4-10H,3H2,1-2H3,(H,18,19)/b11-8+. The zero-order valence-corrected chi connectivity index (χ0v) is 11.0. The predicted octanol–water partition coefficient (Wildman–Crippen LogP) is 2.97. The van der Waals surface area contributed by atoms with Crippen LogP contribution in [0.4, 0.5) is 0 Å². The lowest BCUT2D eigenvalue weighted by Gasteiger charge is -2.05. The van der Waals surface area contributed by atoms with Crippen LogP contribution in [-0.2, 0) is 11.8 Å². The van der Waals surface area contributed by atoms with Crippen molar-refractivity contribution in [2.24, 2.45) is 7.05 Å². The van der Waals surface area contributed by atoms with Crippen LogP contribution in [-0.4, -0.2) is 20.9 Å². The Kier molecular flexibility index (Phi) is 3.80. The fraction of sp³-hybridized carbons (Fsp3) is 0.200. The smallest absolute Gasteiger partial charge is 0.328 e. The van der Waals surface area contributed by atoms with Gasteiger partial charge in [-0.1, -0.05) is 31.2 Å². The van der Waals surface area contributed by atoms with E-state index in [0.717, 1.165) is 22.3 Å². The van der Waals surface area contributed by atoms with E-state index < -0.39 is 5.97 Å². The number of carboxylic acids is 1. The van der Waals surface area contributed by atoms with Gasteiger partial charge in [-0.25, -0.2) is 4.79 Å². The summed E-state index contributed by atoms with van der Waals surface area (Å²) < 4.78 is 1.76. The van der Waals surface area contributed by atoms with Gasteiger partial charge in [0.05, 0.1) is 6.20 Å². The van der Waals surface area contributed by atoms with Crippen molar-refractivity contribution in [3.8, 4) is 11.1 Å². The summed E-state index contributed by atoms with van der Waals surface area (Å²) >= 11 is 0. The molecule has 4 heteroatoms. The average molecular weight is 256 g/mol. The van der Waals surface area contributed by atoms with E-state index in [0.29, 0.717) is 6.42 Å². The Hall–Kier alpha value is -2.36. The van der Waals surface area contributed by atoms with E-state index in [2.05, 4.69) is 5.10 Å². The lowest BCUT2D eigenvalue weighted by Crippen LogP contribution is -1.92. The van der Waals surface area contributed by atoms with Gasteiger partial charge in [0, 0.05) is 24.9 Å². The molecule has 1 N–H and O–H groups in total. The van der Waals surface area contributed by atoms with Gasteiger partial charge >= 0.3 is 5.97 Å². The number of carboxylic acid groups (broad SMARTS) is 1. The zero-order chi connectivity index (χ0) is 13.8. The summed E-state index contributed by atoms with van der Waals surface area (Å²) in [5.41, 5.74) is 3.89. The first-order valence-corrected chi connectivity index (χ1v) is 6.13. The molecule has 0 amide bonds. The number of carbonyl (C=O) groups is 1. The van der Waals surface area contributed by atoms with E-state index in [9.17, 15) is 4.79 Å². The van der Waals surface area contributed by atoms with Crippen LogP contribution in [0.1, 0.15) is 18.9 Å². The highest BCUT2D eigenvalue weighted by molar-refractivity contribution is 5.90. The Morgan fingerprint density at radius 2 is 2.00 bits per heavy atom. The van der Waals surface area contributed by atoms with Crippen LogP contribution in [0, 0.1) is 0 Å². The molecule has 0 aliphatic carbocycles. The van der Waals surface area contributed by atoms with Crippen LogP contribution in [0.5, 0.6) is 0 Å². The molecule has 19 heavy (non-hydrogen) atoms. The first-order valence-electron chi connectivity index (χ1n) is 6.13. The number of benzene rings is 1. The number of hydrogen-bond acceptors (Lipinski definition) is 2. The lowest BCUT2D eigenvalue weighted by molar-refractivity contribution is -0.131. The van der Waals surface area contributed by atoms with Crippen molar-refractivity contribution < 1.29 is 9.90 Å². The van der Waals surface area contributed by atoms with E-state index in [1.807, 2.05) is 50.6 Å². The van der Waals surface area contributed by atoms with Gasteiger partial charge in [0.1, 0.15) is 0 Å². The molecule has 1 heterocycles. The maximum atomic E-state index is 10.7. The Bertz CT molecular complexity index is 609. The van der Waals surface area contributed by atoms with Gasteiger partial charge in [-0.15, -0.1) is 0 Å². The topological polar surface area (TPSA) is 55.1 Å². The van der Waals surface area contributed by atoms with Gasteiger partial charge in [-0.3, -0.25) is 4.68 Å². The van der Waals surface area contributed by atoms with Crippen molar-refractivity contribution in [3.05, 3.63) is 48.3 Å². The number of rotatable bonds is 4. The van der Waals surface area contributed by atoms with Gasteiger partial charge in [0.2, 0.25) is 0 Å². The lowest BCUT2D eigenvalue weighted by atomic mass is 10.00. The van der Waals surface area contributed by atoms with Crippen molar-refractivity contribution in [1.29, 1.82) is 0 Å². The summed E-state index contributed by atoms with van der Waals surface area (Å²) in [5.74, 6) is -0.909. The summed E-state index contributed by atoms with van der Waals surface area (Å²) in [6.45, 7) is 1.95. The highest BCUT2D eigenvalue weighted by Gasteiger charge is 2.04. The van der Waals surface area contributed by atoms with Crippen LogP contribution in [0.2, 0.25) is 0 Å². The van der Waals surface area contributed by atoms with E-state index in [4.69, 9.17) is 5.11 Å². The van der Waals surface area contributed by atoms with Crippen LogP contribution in [0.15, 0.2) is 42.7 Å². The molecule has 0 saturated carbocycles. The van der Waals surface area contributed by atoms with E-state index in [1.165, 1.54) is 6.08 Å². The third kappa shape index (κ3) is 3.10. The minimum atomic E-state index is -0.909. The summed E-state index contributed by atoms with van der Waals surface area (Å²) in [7, 11) is 1.88. The molecule has 1 aromatic carbocycles. The number of aliphatic carboxylic acids is 1. The number of aryl methyl sites for hydroxylation is 1. The van der Waals surface area contributed by atoms with Gasteiger partial charge in [-0.2, -0.15) is 5.10 Å². The molecular formula is C15H16N2O2. The Morgan fingerprint density at radius 3 is 2.47 bits per heavy atom. The quantitative estimate of drug-likeness (QED) is 0.856. The average Bonchev–Trinajstić information content (AvgIpc) is 2.83. The molecule has 0 aliphatic heterocycles. The van der Waals surface area contributed by atoms with Crippen molar-refractivity contribution in [2.75, 3.05) is 0 Å². The minimum Gasteiger partial charge on any atom is -0.478 e. The fourth-order valence-corrected chi connectivity index (χ4v) is 1.99. The van der Waals surface area contributed by atoms with E-state index >= 15 is 0 Å². The van der Waals surface area contributed by atoms with Crippen molar-refractivity contribution in [1.82, 2.24) is 9.78 Å². The number of nitrogens with zero attached hydrogens (tertiary/aromatic N) is 2. The van der Waals surface area contributed by atoms with E-state index in [1.54, 1.807) is 4.68 Å². The van der Waals surface area contributed by atoms with Crippen molar-refractivity contribution >= 4 is 11.5 Å². The summed E-state index contributed by atoms with van der Waals surface area (Å²) in [4.78, 5) is 10.7. The van der Waals surface area contributed by atoms with Gasteiger partial charge in [-0.05, 0) is 23.1 Å². The molecule has 0 atom stereocenters. The predicted molar refractivity (Wildman–Crippen MR) is 74.5 cm³/mol. The molecule has 0 unspecified atom stereocenters. The SMILES string of the molecule is CC/C(=C\C(=O)O)c1ccc(-c2cnn(C)c2)cc1. The third-order valence-electron chi connectivity index (χ3n) is 2.97. The van der Waals surface area contributed by atoms with Crippen LogP contribution in [0.3, 0.4) is 0 Å². The Labute approximate surface area is 112 Å². The molecule has 0 spiro atoms. The second kappa shape index (κ2) is 5.52. The maximum absolute atomic E-state index is 10.7. The third-order valence-corrected chi connectivity index (χ3v) is 2.97. The van der Waals surface area contributed by atoms with Crippen molar-refractivity contribution in [3.63, 3.8) is 0 Å². The molecule has 0 saturated heterocycles. The largest absolute Gasteiger partial charge is 0.478 e. The summed E-state index contributed by atoms with van der Waals surface area (Å²) in [6.07, 6.45) is 5.71. The second-order valence-corrected chi connectivity index (χ2v) is 4.34. The molecule has 2 rings (SSSR count). The first kappa shape index (κ1) is 13.1. The van der Waals surface area contributed by atoms with Gasteiger partial charge < -0.3 is 5.11 Å². The minimum absolute atomic E-state index is 0.693. The van der Waals surface area contributed by atoms with Crippen molar-refractivity contribution in [2.45, 2.75) is 13.3 Å². The molecule has 0 aliphatic rings. The molecule has 0 bridgehead atoms. The maximum Gasteiger partial charge on any atom is 0.328 e. The second-order valence-electron chi connectivity index (χ2n) is 4.34. The molecule has 0 radical (unpaired) electrons. The Balaban J connectivity index is 2.30. The number of aromatic nitrogens is 2. The van der Waals surface area contributed by atoms with Gasteiger partial charge in [0.15, 0.2) is 0 Å². The molecule has 4 nitrogen and oxygen atoms in total. The Morgan fingerprint density at radius 1 is 1.32 bits per heavy atom. The molecule has 2 aromatic rings. The molecule has 1 aromatic heterocycles. The van der Waals surface area contributed by atoms with Crippen LogP contribution in [0.25, 0.3) is 16.7 Å². The fourth-order valence-electron chi connectivity index (χ4n) is 1.99. The number of allylic oxidation sites excluding steroid dienone is 1. The molecular weight excluding hydrogens is 240 g/mol. The normalized spacial score (nSPS) is 11.6. The molecule has 98 valence electrons. The highest BCUT2D eigenvalue weighted by atomic mass is 16.4. The zero-order valence-electron chi connectivity index (χ0n) is 11.0. The molecule has 0 fully saturated rings. The van der Waals surface area contributed by atoms with Crippen LogP contribution < -0.4 is 0 Å². The monoisotopic (exact) mass is 256 g/mol. The van der Waals surface area contributed by atoms with E-state index in [-0.39, 0.29) is 0 Å². The van der Waals surface area contributed by atoms with Gasteiger partial charge in [0.25, 0.3) is 0 Å². The van der Waals surface area contributed by atoms with Crippen LogP contribution >= 0.6 is 0 Å².